The van der Waals surface area contributed by atoms with Crippen molar-refractivity contribution >= 4 is 47.0 Å². The summed E-state index contributed by atoms with van der Waals surface area (Å²) in [6, 6.07) is 6.22. The van der Waals surface area contributed by atoms with Gasteiger partial charge < -0.3 is 10.1 Å². The van der Waals surface area contributed by atoms with Crippen molar-refractivity contribution < 1.29 is 14.3 Å². The highest BCUT2D eigenvalue weighted by atomic mass is 35.6. The average molecular weight is 339 g/mol. The van der Waals surface area contributed by atoms with Crippen LogP contribution in [0.3, 0.4) is 0 Å². The first kappa shape index (κ1) is 17.1. The lowest BCUT2D eigenvalue weighted by Crippen LogP contribution is -2.49. The van der Waals surface area contributed by atoms with Crippen molar-refractivity contribution in [2.75, 3.05) is 0 Å². The molecule has 1 unspecified atom stereocenters. The lowest BCUT2D eigenvalue weighted by atomic mass is 10.2. The normalized spacial score (nSPS) is 12.9. The predicted octanol–water partition coefficient (Wildman–Crippen LogP) is 3.35. The fourth-order valence-corrected chi connectivity index (χ4v) is 1.53. The fraction of sp³-hybridized carbons (Fsp3) is 0.385. The van der Waals surface area contributed by atoms with Crippen molar-refractivity contribution in [3.05, 3.63) is 29.8 Å². The van der Waals surface area contributed by atoms with Gasteiger partial charge in [0.25, 0.3) is 0 Å². The van der Waals surface area contributed by atoms with Crippen LogP contribution in [-0.4, -0.2) is 22.2 Å². The number of carbonyl (C=O) groups excluding carboxylic acids is 2. The van der Waals surface area contributed by atoms with Crippen LogP contribution in [0, 0.1) is 5.92 Å². The summed E-state index contributed by atoms with van der Waals surface area (Å²) in [4.78, 5) is 22.2. The Morgan fingerprint density at radius 3 is 2.20 bits per heavy atom. The molecule has 0 spiro atoms. The zero-order valence-corrected chi connectivity index (χ0v) is 13.2. The van der Waals surface area contributed by atoms with Crippen LogP contribution in [0.1, 0.15) is 24.2 Å². The van der Waals surface area contributed by atoms with Gasteiger partial charge in [-0.15, -0.1) is 0 Å². The number of halogens is 3. The quantitative estimate of drug-likeness (QED) is 0.509. The highest BCUT2D eigenvalue weighted by Gasteiger charge is 2.36. The number of hydrogen-bond donors (Lipinski definition) is 1. The summed E-state index contributed by atoms with van der Waals surface area (Å²) >= 11 is 17.4. The molecule has 1 aromatic carbocycles. The largest absolute Gasteiger partial charge is 0.466 e. The van der Waals surface area contributed by atoms with Crippen LogP contribution in [0.25, 0.3) is 0 Å². The zero-order valence-electron chi connectivity index (χ0n) is 10.9. The molecule has 0 aliphatic rings. The first-order valence-electron chi connectivity index (χ1n) is 5.83. The lowest BCUT2D eigenvalue weighted by molar-refractivity contribution is -0.126. The summed E-state index contributed by atoms with van der Waals surface area (Å²) in [5.41, 5.74) is 0.494. The molecule has 1 aromatic rings. The minimum absolute atomic E-state index is 0.272. The third kappa shape index (κ3) is 5.19. The van der Waals surface area contributed by atoms with Crippen molar-refractivity contribution in [3.8, 4) is 5.75 Å². The Hall–Kier alpha value is -0.970. The molecule has 0 aliphatic heterocycles. The highest BCUT2D eigenvalue weighted by molar-refractivity contribution is 6.68. The Kier molecular flexibility index (Phi) is 6.11. The van der Waals surface area contributed by atoms with Crippen molar-refractivity contribution in [1.82, 2.24) is 5.32 Å². The van der Waals surface area contributed by atoms with E-state index in [1.165, 1.54) is 0 Å². The number of aldehydes is 1. The molecule has 0 saturated carbocycles. The molecule has 1 N–H and O–H groups in total. The maximum absolute atomic E-state index is 11.7. The van der Waals surface area contributed by atoms with E-state index in [1.807, 2.05) is 0 Å². The topological polar surface area (TPSA) is 55.4 Å². The first-order valence-corrected chi connectivity index (χ1v) is 6.96. The SMILES string of the molecule is CC(C)C(=O)NC(Oc1ccc(C=O)cc1)C(Cl)(Cl)Cl. The van der Waals surface area contributed by atoms with Crippen molar-refractivity contribution in [2.45, 2.75) is 23.9 Å². The smallest absolute Gasteiger partial charge is 0.246 e. The third-order valence-electron chi connectivity index (χ3n) is 2.37. The number of nitrogens with one attached hydrogen (secondary N) is 1. The van der Waals surface area contributed by atoms with Crippen molar-refractivity contribution in [3.63, 3.8) is 0 Å². The maximum Gasteiger partial charge on any atom is 0.246 e. The van der Waals surface area contributed by atoms with E-state index in [0.29, 0.717) is 17.6 Å². The highest BCUT2D eigenvalue weighted by Crippen LogP contribution is 2.32. The first-order chi connectivity index (χ1) is 9.24. The second-order valence-corrected chi connectivity index (χ2v) is 6.76. The molecule has 0 aromatic heterocycles. The Balaban J connectivity index is 2.83. The number of rotatable bonds is 5. The second kappa shape index (κ2) is 7.16. The Bertz CT molecular complexity index is 469. The number of benzene rings is 1. The van der Waals surface area contributed by atoms with Gasteiger partial charge in [-0.3, -0.25) is 9.59 Å². The number of carbonyl (C=O) groups is 2. The molecular formula is C13H14Cl3NO3. The molecular weight excluding hydrogens is 325 g/mol. The zero-order chi connectivity index (χ0) is 15.3. The van der Waals surface area contributed by atoms with Gasteiger partial charge in [-0.2, -0.15) is 0 Å². The van der Waals surface area contributed by atoms with Gasteiger partial charge in [0.2, 0.25) is 15.9 Å². The van der Waals surface area contributed by atoms with E-state index in [0.717, 1.165) is 0 Å². The van der Waals surface area contributed by atoms with Crippen LogP contribution in [0.15, 0.2) is 24.3 Å². The van der Waals surface area contributed by atoms with Gasteiger partial charge in [0.05, 0.1) is 0 Å². The van der Waals surface area contributed by atoms with Gasteiger partial charge in [-0.25, -0.2) is 0 Å². The fourth-order valence-electron chi connectivity index (χ4n) is 1.24. The van der Waals surface area contributed by atoms with Gasteiger partial charge in [-0.1, -0.05) is 48.7 Å². The summed E-state index contributed by atoms with van der Waals surface area (Å²) < 4.78 is 3.63. The average Bonchev–Trinajstić information content (AvgIpc) is 2.37. The molecule has 0 heterocycles. The van der Waals surface area contributed by atoms with Crippen LogP contribution in [0.5, 0.6) is 5.75 Å². The van der Waals surface area contributed by atoms with E-state index < -0.39 is 10.0 Å². The van der Waals surface area contributed by atoms with Crippen molar-refractivity contribution in [2.24, 2.45) is 5.92 Å². The van der Waals surface area contributed by atoms with Crippen molar-refractivity contribution in [1.29, 1.82) is 0 Å². The molecule has 0 saturated heterocycles. The molecule has 4 nitrogen and oxygen atoms in total. The van der Waals surface area contributed by atoms with Gasteiger partial charge >= 0.3 is 0 Å². The molecule has 0 aliphatic carbocycles. The van der Waals surface area contributed by atoms with E-state index in [9.17, 15) is 9.59 Å². The van der Waals surface area contributed by atoms with Crippen LogP contribution in [0.2, 0.25) is 0 Å². The molecule has 1 amide bonds. The van der Waals surface area contributed by atoms with Gasteiger partial charge in [-0.05, 0) is 24.3 Å². The Morgan fingerprint density at radius 1 is 1.25 bits per heavy atom. The summed E-state index contributed by atoms with van der Waals surface area (Å²) in [7, 11) is 0. The molecule has 1 rings (SSSR count). The molecule has 20 heavy (non-hydrogen) atoms. The van der Waals surface area contributed by atoms with Crippen LogP contribution < -0.4 is 10.1 Å². The summed E-state index contributed by atoms with van der Waals surface area (Å²) in [6.07, 6.45) is -0.430. The van der Waals surface area contributed by atoms with Crippen LogP contribution in [-0.2, 0) is 4.79 Å². The van der Waals surface area contributed by atoms with E-state index >= 15 is 0 Å². The molecule has 7 heteroatoms. The Labute approximate surface area is 132 Å². The lowest BCUT2D eigenvalue weighted by Gasteiger charge is -2.27. The van der Waals surface area contributed by atoms with E-state index in [1.54, 1.807) is 38.1 Å². The standard InChI is InChI=1S/C13H14Cl3NO3/c1-8(2)11(19)17-12(13(14,15)16)20-10-5-3-9(7-18)4-6-10/h3-8,12H,1-2H3,(H,17,19). The van der Waals surface area contributed by atoms with E-state index in [4.69, 9.17) is 39.5 Å². The van der Waals surface area contributed by atoms with Gasteiger partial charge in [0.1, 0.15) is 12.0 Å². The molecule has 110 valence electrons. The second-order valence-electron chi connectivity index (χ2n) is 4.39. The van der Waals surface area contributed by atoms with Gasteiger partial charge in [0.15, 0.2) is 0 Å². The number of hydrogen-bond acceptors (Lipinski definition) is 3. The summed E-state index contributed by atoms with van der Waals surface area (Å²) in [5.74, 6) is -0.201. The number of ether oxygens (including phenoxy) is 1. The van der Waals surface area contributed by atoms with Gasteiger partial charge in [0, 0.05) is 11.5 Å². The predicted molar refractivity (Wildman–Crippen MR) is 79.5 cm³/mol. The maximum atomic E-state index is 11.7. The summed E-state index contributed by atoms with van der Waals surface area (Å²) in [5, 5.41) is 2.51. The summed E-state index contributed by atoms with van der Waals surface area (Å²) in [6.45, 7) is 3.42. The molecule has 0 bridgehead atoms. The Morgan fingerprint density at radius 2 is 1.80 bits per heavy atom. The third-order valence-corrected chi connectivity index (χ3v) is 2.96. The minimum Gasteiger partial charge on any atom is -0.466 e. The molecule has 1 atom stereocenters. The van der Waals surface area contributed by atoms with Crippen LogP contribution >= 0.6 is 34.8 Å². The minimum atomic E-state index is -1.83. The van der Waals surface area contributed by atoms with E-state index in [2.05, 4.69) is 5.32 Å². The molecule has 0 fully saturated rings. The number of amides is 1. The monoisotopic (exact) mass is 337 g/mol. The molecule has 0 radical (unpaired) electrons. The van der Waals surface area contributed by atoms with Crippen LogP contribution in [0.4, 0.5) is 0 Å². The van der Waals surface area contributed by atoms with E-state index in [-0.39, 0.29) is 11.8 Å². The number of alkyl halides is 3.